The molecule has 0 aliphatic rings. The van der Waals surface area contributed by atoms with E-state index >= 15 is 0 Å². The number of halogens is 2. The lowest BCUT2D eigenvalue weighted by atomic mass is 10.3. The molecule has 0 fully saturated rings. The third-order valence-electron chi connectivity index (χ3n) is 0.829. The summed E-state index contributed by atoms with van der Waals surface area (Å²) >= 11 is 10.9. The largest absolute Gasteiger partial charge is 0.390 e. The standard InChI is InChI=1S/C5H8Cl2O/c1-3-5(6,7)4(2)8/h3-4,8H,1H2,2H3. The second-order valence-corrected chi connectivity index (χ2v) is 3.00. The predicted octanol–water partition coefficient (Wildman–Crippen LogP) is 1.73. The normalized spacial score (nSPS) is 15.5. The van der Waals surface area contributed by atoms with Gasteiger partial charge in [0.2, 0.25) is 0 Å². The molecule has 1 unspecified atom stereocenters. The summed E-state index contributed by atoms with van der Waals surface area (Å²) in [5, 5.41) is 8.75. The molecule has 1 N–H and O–H groups in total. The zero-order valence-corrected chi connectivity index (χ0v) is 6.08. The highest BCUT2D eigenvalue weighted by Gasteiger charge is 2.25. The molecule has 8 heavy (non-hydrogen) atoms. The van der Waals surface area contributed by atoms with Gasteiger partial charge in [-0.3, -0.25) is 0 Å². The number of alkyl halides is 2. The van der Waals surface area contributed by atoms with Crippen molar-refractivity contribution < 1.29 is 5.11 Å². The van der Waals surface area contributed by atoms with Crippen LogP contribution in [-0.2, 0) is 0 Å². The van der Waals surface area contributed by atoms with E-state index in [1.807, 2.05) is 0 Å². The molecule has 0 aromatic carbocycles. The molecule has 0 saturated heterocycles. The highest BCUT2D eigenvalue weighted by Crippen LogP contribution is 2.25. The lowest BCUT2D eigenvalue weighted by Gasteiger charge is -2.16. The molecular formula is C5H8Cl2O. The van der Waals surface area contributed by atoms with Crippen molar-refractivity contribution in [2.24, 2.45) is 0 Å². The maximum Gasteiger partial charge on any atom is 0.161 e. The second-order valence-electron chi connectivity index (χ2n) is 1.55. The van der Waals surface area contributed by atoms with Gasteiger partial charge in [-0.25, -0.2) is 0 Å². The lowest BCUT2D eigenvalue weighted by molar-refractivity contribution is 0.190. The molecule has 0 bridgehead atoms. The average molecular weight is 155 g/mol. The van der Waals surface area contributed by atoms with Gasteiger partial charge in [-0.1, -0.05) is 29.3 Å². The first-order valence-corrected chi connectivity index (χ1v) is 2.96. The Morgan fingerprint density at radius 3 is 2.12 bits per heavy atom. The zero-order valence-electron chi connectivity index (χ0n) is 4.56. The van der Waals surface area contributed by atoms with Crippen molar-refractivity contribution in [3.8, 4) is 0 Å². The van der Waals surface area contributed by atoms with Crippen LogP contribution in [0.1, 0.15) is 6.92 Å². The summed E-state index contributed by atoms with van der Waals surface area (Å²) in [5.41, 5.74) is 0. The van der Waals surface area contributed by atoms with Gasteiger partial charge in [-0.05, 0) is 6.92 Å². The molecule has 0 saturated carbocycles. The van der Waals surface area contributed by atoms with E-state index < -0.39 is 10.4 Å². The van der Waals surface area contributed by atoms with Crippen LogP contribution in [0.2, 0.25) is 0 Å². The van der Waals surface area contributed by atoms with Crippen molar-refractivity contribution in [2.75, 3.05) is 0 Å². The van der Waals surface area contributed by atoms with Crippen LogP contribution in [0, 0.1) is 0 Å². The molecular weight excluding hydrogens is 147 g/mol. The third kappa shape index (κ3) is 2.03. The maximum absolute atomic E-state index is 8.75. The van der Waals surface area contributed by atoms with E-state index in [-0.39, 0.29) is 0 Å². The molecule has 0 rings (SSSR count). The van der Waals surface area contributed by atoms with Crippen molar-refractivity contribution in [1.29, 1.82) is 0 Å². The Balaban J connectivity index is 3.90. The molecule has 0 radical (unpaired) electrons. The van der Waals surface area contributed by atoms with Gasteiger partial charge in [0.05, 0.1) is 6.10 Å². The number of hydrogen-bond donors (Lipinski definition) is 1. The average Bonchev–Trinajstić information content (AvgIpc) is 1.67. The van der Waals surface area contributed by atoms with Crippen molar-refractivity contribution in [3.63, 3.8) is 0 Å². The van der Waals surface area contributed by atoms with E-state index in [1.165, 1.54) is 13.0 Å². The number of aliphatic hydroxyl groups excluding tert-OH is 1. The van der Waals surface area contributed by atoms with Crippen LogP contribution in [0.25, 0.3) is 0 Å². The highest BCUT2D eigenvalue weighted by atomic mass is 35.5. The third-order valence-corrected chi connectivity index (χ3v) is 1.77. The van der Waals surface area contributed by atoms with E-state index in [9.17, 15) is 0 Å². The first-order chi connectivity index (χ1) is 3.50. The minimum Gasteiger partial charge on any atom is -0.390 e. The molecule has 0 aromatic rings. The fourth-order valence-corrected chi connectivity index (χ4v) is 0.171. The molecule has 3 heteroatoms. The quantitative estimate of drug-likeness (QED) is 0.475. The Morgan fingerprint density at radius 2 is 2.12 bits per heavy atom. The molecule has 0 aliphatic heterocycles. The van der Waals surface area contributed by atoms with Crippen molar-refractivity contribution in [3.05, 3.63) is 12.7 Å². The van der Waals surface area contributed by atoms with Gasteiger partial charge in [-0.2, -0.15) is 0 Å². The molecule has 1 nitrogen and oxygen atoms in total. The van der Waals surface area contributed by atoms with Crippen LogP contribution in [0.3, 0.4) is 0 Å². The second kappa shape index (κ2) is 2.72. The Hall–Kier alpha value is 0.280. The molecule has 0 aromatic heterocycles. The van der Waals surface area contributed by atoms with Crippen molar-refractivity contribution in [1.82, 2.24) is 0 Å². The monoisotopic (exact) mass is 154 g/mol. The van der Waals surface area contributed by atoms with Crippen molar-refractivity contribution in [2.45, 2.75) is 17.4 Å². The van der Waals surface area contributed by atoms with E-state index in [2.05, 4.69) is 6.58 Å². The minimum atomic E-state index is -1.19. The summed E-state index contributed by atoms with van der Waals surface area (Å²) in [6, 6.07) is 0. The Bertz CT molecular complexity index is 88.4. The molecule has 48 valence electrons. The van der Waals surface area contributed by atoms with Gasteiger partial charge in [-0.15, -0.1) is 6.58 Å². The molecule has 0 amide bonds. The molecule has 0 aliphatic carbocycles. The molecule has 1 atom stereocenters. The summed E-state index contributed by atoms with van der Waals surface area (Å²) in [4.78, 5) is 0. The SMILES string of the molecule is C=CC(Cl)(Cl)C(C)O. The van der Waals surface area contributed by atoms with Gasteiger partial charge < -0.3 is 5.11 Å². The summed E-state index contributed by atoms with van der Waals surface area (Å²) in [6.45, 7) is 4.83. The van der Waals surface area contributed by atoms with Gasteiger partial charge in [0.1, 0.15) is 0 Å². The van der Waals surface area contributed by atoms with E-state index in [1.54, 1.807) is 0 Å². The molecule has 0 heterocycles. The van der Waals surface area contributed by atoms with Gasteiger partial charge in [0.15, 0.2) is 4.33 Å². The van der Waals surface area contributed by atoms with Gasteiger partial charge >= 0.3 is 0 Å². The van der Waals surface area contributed by atoms with Crippen LogP contribution in [0.4, 0.5) is 0 Å². The summed E-state index contributed by atoms with van der Waals surface area (Å²) < 4.78 is -1.19. The predicted molar refractivity (Wildman–Crippen MR) is 36.3 cm³/mol. The highest BCUT2D eigenvalue weighted by molar-refractivity contribution is 6.50. The fourth-order valence-electron chi connectivity index (χ4n) is 0.171. The van der Waals surface area contributed by atoms with Crippen LogP contribution in [-0.4, -0.2) is 15.5 Å². The van der Waals surface area contributed by atoms with Crippen LogP contribution >= 0.6 is 23.2 Å². The number of hydrogen-bond acceptors (Lipinski definition) is 1. The zero-order chi connectivity index (χ0) is 6.78. The van der Waals surface area contributed by atoms with Gasteiger partial charge in [0.25, 0.3) is 0 Å². The minimum absolute atomic E-state index is 0.775. The van der Waals surface area contributed by atoms with E-state index in [4.69, 9.17) is 28.3 Å². The lowest BCUT2D eigenvalue weighted by Crippen LogP contribution is -2.24. The van der Waals surface area contributed by atoms with Crippen molar-refractivity contribution >= 4 is 23.2 Å². The molecule has 0 spiro atoms. The topological polar surface area (TPSA) is 20.2 Å². The first-order valence-electron chi connectivity index (χ1n) is 2.20. The Morgan fingerprint density at radius 1 is 1.75 bits per heavy atom. The van der Waals surface area contributed by atoms with Crippen LogP contribution < -0.4 is 0 Å². The maximum atomic E-state index is 8.75. The number of aliphatic hydroxyl groups is 1. The fraction of sp³-hybridized carbons (Fsp3) is 0.600. The van der Waals surface area contributed by atoms with Gasteiger partial charge in [0, 0.05) is 0 Å². The first kappa shape index (κ1) is 8.28. The Labute approximate surface area is 58.9 Å². The van der Waals surface area contributed by atoms with Crippen LogP contribution in [0.5, 0.6) is 0 Å². The number of rotatable bonds is 2. The smallest absolute Gasteiger partial charge is 0.161 e. The van der Waals surface area contributed by atoms with E-state index in [0.29, 0.717) is 0 Å². The van der Waals surface area contributed by atoms with Crippen LogP contribution in [0.15, 0.2) is 12.7 Å². The van der Waals surface area contributed by atoms with E-state index in [0.717, 1.165) is 0 Å². The Kier molecular flexibility index (Phi) is 2.81. The summed E-state index contributed by atoms with van der Waals surface area (Å²) in [6.07, 6.45) is 0.518. The summed E-state index contributed by atoms with van der Waals surface area (Å²) in [5.74, 6) is 0. The summed E-state index contributed by atoms with van der Waals surface area (Å²) in [7, 11) is 0.